The summed E-state index contributed by atoms with van der Waals surface area (Å²) in [6, 6.07) is 18.5. The highest BCUT2D eigenvalue weighted by Crippen LogP contribution is 2.23. The molecule has 0 saturated carbocycles. The molecule has 0 amide bonds. The molecule has 0 spiro atoms. The Balaban J connectivity index is 1.44. The zero-order valence-corrected chi connectivity index (χ0v) is 18.5. The largest absolute Gasteiger partial charge is 0.340 e. The normalized spacial score (nSPS) is 11.1. The Kier molecular flexibility index (Phi) is 6.20. The summed E-state index contributed by atoms with van der Waals surface area (Å²) in [7, 11) is -3.74. The first-order chi connectivity index (χ1) is 15.4. The smallest absolute Gasteiger partial charge is 0.261 e. The Morgan fingerprint density at radius 3 is 2.19 bits per heavy atom. The lowest BCUT2D eigenvalue weighted by molar-refractivity contribution is 0.601. The van der Waals surface area contributed by atoms with Crippen molar-refractivity contribution >= 4 is 50.5 Å². The molecule has 162 valence electrons. The first-order valence-electron chi connectivity index (χ1n) is 9.55. The Labute approximate surface area is 190 Å². The Morgan fingerprint density at radius 2 is 1.47 bits per heavy atom. The van der Waals surface area contributed by atoms with Gasteiger partial charge in [0.1, 0.15) is 23.8 Å². The van der Waals surface area contributed by atoms with Gasteiger partial charge in [0.05, 0.1) is 4.90 Å². The number of halogens is 1. The zero-order chi connectivity index (χ0) is 22.6. The van der Waals surface area contributed by atoms with E-state index in [1.807, 2.05) is 19.1 Å². The maximum absolute atomic E-state index is 12.5. The van der Waals surface area contributed by atoms with E-state index in [2.05, 4.69) is 30.3 Å². The number of nitrogens with one attached hydrogen (secondary N) is 3. The molecule has 2 heterocycles. The molecule has 2 aromatic heterocycles. The third kappa shape index (κ3) is 5.51. The van der Waals surface area contributed by atoms with Gasteiger partial charge in [-0.15, -0.1) is 0 Å². The van der Waals surface area contributed by atoms with Gasteiger partial charge in [0.25, 0.3) is 10.0 Å². The monoisotopic (exact) mass is 466 g/mol. The standard InChI is InChI=1S/C22H19ClN6O2S/c1-15-9-10-24-20(11-15)28-22-13-21(25-14-26-22)27-17-5-7-18(8-6-17)29-32(30,31)19-4-2-3-16(23)12-19/h2-14,29H,1H3,(H2,24,25,26,27,28). The van der Waals surface area contributed by atoms with Crippen LogP contribution in [0.2, 0.25) is 5.02 Å². The third-order valence-electron chi connectivity index (χ3n) is 4.35. The van der Waals surface area contributed by atoms with E-state index in [1.54, 1.807) is 48.7 Å². The van der Waals surface area contributed by atoms with Gasteiger partial charge in [0, 0.05) is 28.7 Å². The van der Waals surface area contributed by atoms with Crippen molar-refractivity contribution in [1.29, 1.82) is 0 Å². The SMILES string of the molecule is Cc1ccnc(Nc2cc(Nc3ccc(NS(=O)(=O)c4cccc(Cl)c4)cc3)ncn2)c1. The molecular weight excluding hydrogens is 448 g/mol. The highest BCUT2D eigenvalue weighted by molar-refractivity contribution is 7.92. The number of rotatable bonds is 7. The van der Waals surface area contributed by atoms with Crippen molar-refractivity contribution < 1.29 is 8.42 Å². The lowest BCUT2D eigenvalue weighted by Crippen LogP contribution is -2.12. The molecule has 0 fully saturated rings. The molecule has 0 saturated heterocycles. The lowest BCUT2D eigenvalue weighted by atomic mass is 10.3. The van der Waals surface area contributed by atoms with Gasteiger partial charge in [-0.25, -0.2) is 23.4 Å². The van der Waals surface area contributed by atoms with Crippen LogP contribution in [0.25, 0.3) is 0 Å². The van der Waals surface area contributed by atoms with E-state index in [1.165, 1.54) is 18.5 Å². The first-order valence-corrected chi connectivity index (χ1v) is 11.4. The Bertz CT molecular complexity index is 1350. The fourth-order valence-electron chi connectivity index (χ4n) is 2.85. The van der Waals surface area contributed by atoms with Crippen LogP contribution in [0.5, 0.6) is 0 Å². The van der Waals surface area contributed by atoms with Gasteiger partial charge in [-0.2, -0.15) is 0 Å². The number of hydrogen-bond donors (Lipinski definition) is 3. The van der Waals surface area contributed by atoms with Crippen LogP contribution in [-0.2, 0) is 10.0 Å². The summed E-state index contributed by atoms with van der Waals surface area (Å²) in [6.07, 6.45) is 3.16. The van der Waals surface area contributed by atoms with E-state index < -0.39 is 10.0 Å². The van der Waals surface area contributed by atoms with Crippen molar-refractivity contribution in [3.63, 3.8) is 0 Å². The second-order valence-corrected chi connectivity index (χ2v) is 9.02. The summed E-state index contributed by atoms with van der Waals surface area (Å²) >= 11 is 5.90. The van der Waals surface area contributed by atoms with Gasteiger partial charge in [0.15, 0.2) is 0 Å². The summed E-state index contributed by atoms with van der Waals surface area (Å²) in [6.45, 7) is 1.98. The highest BCUT2D eigenvalue weighted by Gasteiger charge is 2.14. The van der Waals surface area contributed by atoms with E-state index in [0.29, 0.717) is 28.2 Å². The average molecular weight is 467 g/mol. The van der Waals surface area contributed by atoms with Crippen LogP contribution in [-0.4, -0.2) is 23.4 Å². The fraction of sp³-hybridized carbons (Fsp3) is 0.0455. The van der Waals surface area contributed by atoms with Crippen LogP contribution in [0.15, 0.2) is 84.1 Å². The maximum atomic E-state index is 12.5. The quantitative estimate of drug-likeness (QED) is 0.346. The van der Waals surface area contributed by atoms with Crippen LogP contribution in [0.3, 0.4) is 0 Å². The molecule has 0 aliphatic carbocycles. The molecule has 2 aromatic carbocycles. The van der Waals surface area contributed by atoms with E-state index in [0.717, 1.165) is 11.3 Å². The topological polar surface area (TPSA) is 109 Å². The molecule has 0 unspecified atom stereocenters. The van der Waals surface area contributed by atoms with Gasteiger partial charge >= 0.3 is 0 Å². The third-order valence-corrected chi connectivity index (χ3v) is 5.97. The summed E-state index contributed by atoms with van der Waals surface area (Å²) < 4.78 is 27.6. The zero-order valence-electron chi connectivity index (χ0n) is 16.9. The summed E-state index contributed by atoms with van der Waals surface area (Å²) in [5, 5.41) is 6.65. The number of aryl methyl sites for hydroxylation is 1. The van der Waals surface area contributed by atoms with E-state index in [-0.39, 0.29) is 4.90 Å². The number of sulfonamides is 1. The molecule has 8 nitrogen and oxygen atoms in total. The van der Waals surface area contributed by atoms with Crippen molar-refractivity contribution in [3.8, 4) is 0 Å². The molecule has 3 N–H and O–H groups in total. The van der Waals surface area contributed by atoms with E-state index >= 15 is 0 Å². The number of benzene rings is 2. The first kappa shape index (κ1) is 21.5. The summed E-state index contributed by atoms with van der Waals surface area (Å²) in [4.78, 5) is 12.8. The number of aromatic nitrogens is 3. The van der Waals surface area contributed by atoms with Crippen molar-refractivity contribution in [2.75, 3.05) is 15.4 Å². The fourth-order valence-corrected chi connectivity index (χ4v) is 4.21. The molecule has 4 aromatic rings. The van der Waals surface area contributed by atoms with Crippen LogP contribution < -0.4 is 15.4 Å². The average Bonchev–Trinajstić information content (AvgIpc) is 2.75. The van der Waals surface area contributed by atoms with Crippen LogP contribution in [0, 0.1) is 6.92 Å². The second-order valence-electron chi connectivity index (χ2n) is 6.90. The van der Waals surface area contributed by atoms with Crippen LogP contribution in [0.1, 0.15) is 5.56 Å². The minimum Gasteiger partial charge on any atom is -0.340 e. The van der Waals surface area contributed by atoms with E-state index in [9.17, 15) is 8.42 Å². The number of anilines is 5. The molecular formula is C22H19ClN6O2S. The molecule has 10 heteroatoms. The molecule has 4 rings (SSSR count). The number of nitrogens with zero attached hydrogens (tertiary/aromatic N) is 3. The van der Waals surface area contributed by atoms with Crippen molar-refractivity contribution in [1.82, 2.24) is 15.0 Å². The minimum atomic E-state index is -3.74. The predicted octanol–water partition coefficient (Wildman–Crippen LogP) is 5.12. The summed E-state index contributed by atoms with van der Waals surface area (Å²) in [5.74, 6) is 1.85. The highest BCUT2D eigenvalue weighted by atomic mass is 35.5. The molecule has 0 aliphatic heterocycles. The second kappa shape index (κ2) is 9.21. The number of pyridine rings is 1. The van der Waals surface area contributed by atoms with Gasteiger partial charge in [-0.3, -0.25) is 4.72 Å². The van der Waals surface area contributed by atoms with Gasteiger partial charge in [-0.1, -0.05) is 17.7 Å². The Hall–Kier alpha value is -3.69. The summed E-state index contributed by atoms with van der Waals surface area (Å²) in [5.41, 5.74) is 2.24. The van der Waals surface area contributed by atoms with Gasteiger partial charge < -0.3 is 10.6 Å². The Morgan fingerprint density at radius 1 is 0.781 bits per heavy atom. The van der Waals surface area contributed by atoms with Crippen molar-refractivity contribution in [2.45, 2.75) is 11.8 Å². The molecule has 0 aliphatic rings. The van der Waals surface area contributed by atoms with Gasteiger partial charge in [-0.05, 0) is 67.1 Å². The maximum Gasteiger partial charge on any atom is 0.261 e. The molecule has 0 radical (unpaired) electrons. The molecule has 0 atom stereocenters. The minimum absolute atomic E-state index is 0.0938. The molecule has 32 heavy (non-hydrogen) atoms. The van der Waals surface area contributed by atoms with Crippen LogP contribution in [0.4, 0.5) is 28.8 Å². The van der Waals surface area contributed by atoms with Crippen LogP contribution >= 0.6 is 11.6 Å². The molecule has 0 bridgehead atoms. The van der Waals surface area contributed by atoms with Crippen molar-refractivity contribution in [3.05, 3.63) is 89.8 Å². The number of hydrogen-bond acceptors (Lipinski definition) is 7. The predicted molar refractivity (Wildman–Crippen MR) is 126 cm³/mol. The van der Waals surface area contributed by atoms with E-state index in [4.69, 9.17) is 11.6 Å². The van der Waals surface area contributed by atoms with Gasteiger partial charge in [0.2, 0.25) is 0 Å². The van der Waals surface area contributed by atoms with Crippen molar-refractivity contribution in [2.24, 2.45) is 0 Å². The lowest BCUT2D eigenvalue weighted by Gasteiger charge is -2.11.